The molecule has 0 unspecified atom stereocenters. The molecule has 1 N–H and O–H groups in total. The second kappa shape index (κ2) is 29.2. The third kappa shape index (κ3) is 27.4. The molecule has 0 spiro atoms. The van der Waals surface area contributed by atoms with E-state index in [1.807, 2.05) is 0 Å². The fourth-order valence-corrected chi connectivity index (χ4v) is 4.25. The van der Waals surface area contributed by atoms with E-state index < -0.39 is 0 Å². The van der Waals surface area contributed by atoms with Crippen molar-refractivity contribution in [3.63, 3.8) is 0 Å². The first kappa shape index (κ1) is 34.0. The molecule has 0 aromatic rings. The lowest BCUT2D eigenvalue weighted by molar-refractivity contribution is -0.143. The molecule has 0 rings (SSSR count). The number of esters is 1. The summed E-state index contributed by atoms with van der Waals surface area (Å²) in [5, 5.41) is 9.08. The van der Waals surface area contributed by atoms with Crippen molar-refractivity contribution < 1.29 is 14.6 Å². The number of hydrogen-bond acceptors (Lipinski definition) is 4. The van der Waals surface area contributed by atoms with Gasteiger partial charge in [-0.05, 0) is 64.6 Å². The van der Waals surface area contributed by atoms with Crippen LogP contribution in [0.5, 0.6) is 0 Å². The lowest BCUT2D eigenvalue weighted by atomic mass is 10.1. The molecule has 0 saturated carbocycles. The van der Waals surface area contributed by atoms with Gasteiger partial charge in [0.2, 0.25) is 0 Å². The van der Waals surface area contributed by atoms with Gasteiger partial charge in [0.05, 0.1) is 6.61 Å². The number of hydrogen-bond donors (Lipinski definition) is 1. The summed E-state index contributed by atoms with van der Waals surface area (Å²) in [6.07, 6.45) is 24.2. The molecular formula is C31H59NO3. The SMILES string of the molecule is CCCCC#CCCCOC(=O)CCCCCCCCCN(CCCCO)CCCCCCCC. The summed E-state index contributed by atoms with van der Waals surface area (Å²) in [5.74, 6) is 6.28. The summed E-state index contributed by atoms with van der Waals surface area (Å²) in [4.78, 5) is 14.4. The van der Waals surface area contributed by atoms with Crippen molar-refractivity contribution in [1.82, 2.24) is 4.90 Å². The summed E-state index contributed by atoms with van der Waals surface area (Å²) >= 11 is 0. The van der Waals surface area contributed by atoms with E-state index in [2.05, 4.69) is 30.6 Å². The van der Waals surface area contributed by atoms with Gasteiger partial charge in [-0.15, -0.1) is 11.8 Å². The van der Waals surface area contributed by atoms with Crippen molar-refractivity contribution in [2.45, 2.75) is 149 Å². The van der Waals surface area contributed by atoms with Crippen molar-refractivity contribution in [3.8, 4) is 11.8 Å². The lowest BCUT2D eigenvalue weighted by Crippen LogP contribution is -2.27. The van der Waals surface area contributed by atoms with Crippen LogP contribution in [-0.2, 0) is 9.53 Å². The number of ether oxygens (including phenoxy) is 1. The minimum absolute atomic E-state index is 0.0457. The molecule has 35 heavy (non-hydrogen) atoms. The van der Waals surface area contributed by atoms with Crippen LogP contribution in [-0.4, -0.2) is 48.8 Å². The highest BCUT2D eigenvalue weighted by molar-refractivity contribution is 5.69. The Morgan fingerprint density at radius 1 is 0.629 bits per heavy atom. The molecular weight excluding hydrogens is 434 g/mol. The maximum atomic E-state index is 11.8. The zero-order valence-electron chi connectivity index (χ0n) is 23.6. The van der Waals surface area contributed by atoms with Gasteiger partial charge >= 0.3 is 5.97 Å². The van der Waals surface area contributed by atoms with Crippen LogP contribution in [0.4, 0.5) is 0 Å². The Kier molecular flexibility index (Phi) is 28.3. The predicted octanol–water partition coefficient (Wildman–Crippen LogP) is 8.06. The second-order valence-electron chi connectivity index (χ2n) is 10.0. The number of nitrogens with zero attached hydrogens (tertiary/aromatic N) is 1. The second-order valence-corrected chi connectivity index (χ2v) is 10.0. The molecule has 4 heteroatoms. The molecule has 0 aliphatic carbocycles. The van der Waals surface area contributed by atoms with E-state index in [1.54, 1.807) is 0 Å². The predicted molar refractivity (Wildman–Crippen MR) is 151 cm³/mol. The van der Waals surface area contributed by atoms with E-state index in [0.717, 1.165) is 51.5 Å². The standard InChI is InChI=1S/C31H59NO3/c1-3-5-7-9-14-18-24-30-35-31(34)25-19-15-12-11-13-17-21-27-32(28-22-23-29-33)26-20-16-10-8-6-4-2/h33H,3-8,10-13,15-30H2,1-2H3. The fraction of sp³-hybridized carbons (Fsp3) is 0.903. The normalized spacial score (nSPS) is 11.0. The number of carbonyl (C=O) groups is 1. The molecule has 0 heterocycles. The van der Waals surface area contributed by atoms with Crippen LogP contribution in [0.1, 0.15) is 149 Å². The smallest absolute Gasteiger partial charge is 0.305 e. The lowest BCUT2D eigenvalue weighted by Gasteiger charge is -2.22. The Bertz CT molecular complexity index is 497. The quantitative estimate of drug-likeness (QED) is 0.0752. The average Bonchev–Trinajstić information content (AvgIpc) is 2.86. The molecule has 0 aliphatic rings. The van der Waals surface area contributed by atoms with E-state index in [-0.39, 0.29) is 5.97 Å². The molecule has 0 aromatic heterocycles. The molecule has 0 radical (unpaired) electrons. The van der Waals surface area contributed by atoms with Crippen molar-refractivity contribution in [3.05, 3.63) is 0 Å². The maximum absolute atomic E-state index is 11.8. The van der Waals surface area contributed by atoms with Gasteiger partial charge in [0, 0.05) is 25.9 Å². The average molecular weight is 494 g/mol. The van der Waals surface area contributed by atoms with E-state index in [9.17, 15) is 4.79 Å². The molecule has 0 atom stereocenters. The first-order valence-corrected chi connectivity index (χ1v) is 15.2. The third-order valence-electron chi connectivity index (χ3n) is 6.56. The monoisotopic (exact) mass is 493 g/mol. The highest BCUT2D eigenvalue weighted by Gasteiger charge is 2.05. The highest BCUT2D eigenvalue weighted by Crippen LogP contribution is 2.11. The van der Waals surface area contributed by atoms with Crippen molar-refractivity contribution in [2.75, 3.05) is 32.8 Å². The van der Waals surface area contributed by atoms with Crippen LogP contribution in [0.2, 0.25) is 0 Å². The molecule has 0 fully saturated rings. The number of aliphatic hydroxyl groups excluding tert-OH is 1. The van der Waals surface area contributed by atoms with E-state index in [4.69, 9.17) is 9.84 Å². The van der Waals surface area contributed by atoms with Crippen molar-refractivity contribution in [2.24, 2.45) is 0 Å². The zero-order chi connectivity index (χ0) is 25.7. The molecule has 0 amide bonds. The van der Waals surface area contributed by atoms with Gasteiger partial charge in [0.25, 0.3) is 0 Å². The van der Waals surface area contributed by atoms with Gasteiger partial charge in [0.15, 0.2) is 0 Å². The Morgan fingerprint density at radius 3 is 1.69 bits per heavy atom. The highest BCUT2D eigenvalue weighted by atomic mass is 16.5. The van der Waals surface area contributed by atoms with Crippen LogP contribution >= 0.6 is 0 Å². The topological polar surface area (TPSA) is 49.8 Å². The van der Waals surface area contributed by atoms with Crippen LogP contribution in [0.25, 0.3) is 0 Å². The summed E-state index contributed by atoms with van der Waals surface area (Å²) in [5.41, 5.74) is 0. The van der Waals surface area contributed by atoms with Gasteiger partial charge in [-0.25, -0.2) is 0 Å². The van der Waals surface area contributed by atoms with Crippen molar-refractivity contribution in [1.29, 1.82) is 0 Å². The van der Waals surface area contributed by atoms with Gasteiger partial charge in [0.1, 0.15) is 0 Å². The molecule has 0 aromatic carbocycles. The summed E-state index contributed by atoms with van der Waals surface area (Å²) in [6, 6.07) is 0. The summed E-state index contributed by atoms with van der Waals surface area (Å²) in [7, 11) is 0. The molecule has 0 saturated heterocycles. The number of aliphatic hydroxyl groups is 1. The van der Waals surface area contributed by atoms with Crippen LogP contribution in [0.3, 0.4) is 0 Å². The van der Waals surface area contributed by atoms with E-state index >= 15 is 0 Å². The van der Waals surface area contributed by atoms with Gasteiger partial charge in [-0.3, -0.25) is 4.79 Å². The van der Waals surface area contributed by atoms with Crippen molar-refractivity contribution >= 4 is 5.97 Å². The zero-order valence-corrected chi connectivity index (χ0v) is 23.6. The fourth-order valence-electron chi connectivity index (χ4n) is 4.25. The third-order valence-corrected chi connectivity index (χ3v) is 6.56. The van der Waals surface area contributed by atoms with E-state index in [0.29, 0.717) is 19.6 Å². The Morgan fingerprint density at radius 2 is 1.11 bits per heavy atom. The minimum atomic E-state index is -0.0457. The molecule has 0 bridgehead atoms. The van der Waals surface area contributed by atoms with Gasteiger partial charge in [-0.2, -0.15) is 0 Å². The molecule has 0 aliphatic heterocycles. The first-order chi connectivity index (χ1) is 17.2. The van der Waals surface area contributed by atoms with Crippen LogP contribution in [0, 0.1) is 11.8 Å². The number of rotatable bonds is 26. The first-order valence-electron chi connectivity index (χ1n) is 15.2. The van der Waals surface area contributed by atoms with Crippen LogP contribution in [0.15, 0.2) is 0 Å². The van der Waals surface area contributed by atoms with E-state index in [1.165, 1.54) is 96.6 Å². The maximum Gasteiger partial charge on any atom is 0.305 e. The molecule has 206 valence electrons. The Hall–Kier alpha value is -1.05. The number of carbonyl (C=O) groups excluding carboxylic acids is 1. The number of unbranched alkanes of at least 4 members (excludes halogenated alkanes) is 15. The largest absolute Gasteiger partial charge is 0.466 e. The minimum Gasteiger partial charge on any atom is -0.466 e. The summed E-state index contributed by atoms with van der Waals surface area (Å²) < 4.78 is 5.31. The summed E-state index contributed by atoms with van der Waals surface area (Å²) in [6.45, 7) is 8.84. The van der Waals surface area contributed by atoms with Crippen LogP contribution < -0.4 is 0 Å². The van der Waals surface area contributed by atoms with Gasteiger partial charge in [-0.1, -0.05) is 84.5 Å². The Labute approximate surface area is 219 Å². The van der Waals surface area contributed by atoms with Gasteiger partial charge < -0.3 is 14.7 Å². The molecule has 4 nitrogen and oxygen atoms in total. The Balaban J connectivity index is 3.61.